The first-order valence-electron chi connectivity index (χ1n) is 12.1. The molecule has 1 saturated heterocycles. The maximum atomic E-state index is 13.1. The predicted molar refractivity (Wildman–Crippen MR) is 134 cm³/mol. The number of imidazole rings is 1. The molecule has 9 heteroatoms. The molecule has 0 radical (unpaired) electrons. The maximum Gasteiger partial charge on any atom is 0.393 e. The number of halogens is 3. The lowest BCUT2D eigenvalue weighted by Crippen LogP contribution is -2.27. The van der Waals surface area contributed by atoms with Crippen LogP contribution < -0.4 is 10.5 Å². The third-order valence-corrected chi connectivity index (χ3v) is 7.06. The Hall–Kier alpha value is -3.62. The van der Waals surface area contributed by atoms with E-state index in [1.54, 1.807) is 15.7 Å². The molecule has 5 rings (SSSR count). The van der Waals surface area contributed by atoms with Crippen LogP contribution in [-0.4, -0.2) is 38.4 Å². The van der Waals surface area contributed by atoms with Crippen molar-refractivity contribution in [1.29, 1.82) is 5.41 Å². The zero-order chi connectivity index (χ0) is 25.6. The van der Waals surface area contributed by atoms with Gasteiger partial charge < -0.3 is 9.47 Å². The van der Waals surface area contributed by atoms with E-state index >= 15 is 0 Å². The quantitative estimate of drug-likeness (QED) is 0.400. The monoisotopic (exact) mass is 494 g/mol. The topological polar surface area (TPSA) is 62.7 Å². The Morgan fingerprint density at radius 1 is 1.08 bits per heavy atom. The fourth-order valence-electron chi connectivity index (χ4n) is 4.94. The van der Waals surface area contributed by atoms with E-state index < -0.39 is 12.1 Å². The molecule has 6 nitrogen and oxygen atoms in total. The summed E-state index contributed by atoms with van der Waals surface area (Å²) >= 11 is 0. The van der Waals surface area contributed by atoms with E-state index in [2.05, 4.69) is 24.9 Å². The van der Waals surface area contributed by atoms with Crippen LogP contribution >= 0.6 is 0 Å². The van der Waals surface area contributed by atoms with Gasteiger partial charge in [0.05, 0.1) is 18.7 Å². The second-order valence-electron chi connectivity index (χ2n) is 9.75. The molecule has 0 aliphatic carbocycles. The molecule has 4 aromatic rings. The summed E-state index contributed by atoms with van der Waals surface area (Å²) in [7, 11) is 1.82. The zero-order valence-corrected chi connectivity index (χ0v) is 20.5. The SMILES string of the molecule is CC(C)c1ccccc1-c1ncc2c(n1)n(Cc1ccc(N3CCC(C(F)(F)F)C3)cc1)c(=N)n2C. The molecule has 0 spiro atoms. The Bertz CT molecular complexity index is 1450. The standard InChI is InChI=1S/C27H29F3N6/c1-17(2)21-6-4-5-7-22(21)24-32-14-23-25(33-24)36(26(31)34(23)3)15-18-8-10-20(11-9-18)35-13-12-19(16-35)27(28,29)30/h4-11,14,17,19,31H,12-13,15-16H2,1-3H3. The van der Waals surface area contributed by atoms with Gasteiger partial charge in [-0.25, -0.2) is 9.97 Å². The minimum atomic E-state index is -4.15. The second kappa shape index (κ2) is 9.11. The van der Waals surface area contributed by atoms with Gasteiger partial charge >= 0.3 is 6.18 Å². The van der Waals surface area contributed by atoms with Crippen molar-refractivity contribution in [2.75, 3.05) is 18.0 Å². The van der Waals surface area contributed by atoms with Crippen molar-refractivity contribution in [2.24, 2.45) is 13.0 Å². The normalized spacial score (nSPS) is 16.4. The summed E-state index contributed by atoms with van der Waals surface area (Å²) in [5.74, 6) is -0.339. The molecule has 0 bridgehead atoms. The number of anilines is 1. The van der Waals surface area contributed by atoms with Crippen LogP contribution in [0.4, 0.5) is 18.9 Å². The Morgan fingerprint density at radius 2 is 1.81 bits per heavy atom. The average molecular weight is 495 g/mol. The van der Waals surface area contributed by atoms with Crippen LogP contribution in [0, 0.1) is 11.3 Å². The van der Waals surface area contributed by atoms with Crippen molar-refractivity contribution in [1.82, 2.24) is 19.1 Å². The summed E-state index contributed by atoms with van der Waals surface area (Å²) in [6.45, 7) is 5.09. The summed E-state index contributed by atoms with van der Waals surface area (Å²) in [6.07, 6.45) is -2.27. The van der Waals surface area contributed by atoms with E-state index in [9.17, 15) is 13.2 Å². The van der Waals surface area contributed by atoms with Gasteiger partial charge in [0.1, 0.15) is 5.52 Å². The summed E-state index contributed by atoms with van der Waals surface area (Å²) in [6, 6.07) is 15.6. The first-order chi connectivity index (χ1) is 17.1. The molecule has 1 aliphatic heterocycles. The third kappa shape index (κ3) is 4.38. The third-order valence-electron chi connectivity index (χ3n) is 7.06. The Kier molecular flexibility index (Phi) is 6.10. The number of aryl methyl sites for hydroxylation is 1. The Morgan fingerprint density at radius 3 is 2.47 bits per heavy atom. The molecule has 1 aliphatic rings. The fourth-order valence-corrected chi connectivity index (χ4v) is 4.94. The highest BCUT2D eigenvalue weighted by Crippen LogP contribution is 2.35. The smallest absolute Gasteiger partial charge is 0.371 e. The van der Waals surface area contributed by atoms with E-state index in [0.717, 1.165) is 27.9 Å². The lowest BCUT2D eigenvalue weighted by molar-refractivity contribution is -0.168. The van der Waals surface area contributed by atoms with E-state index in [4.69, 9.17) is 10.4 Å². The molecule has 1 N–H and O–H groups in total. The molecular weight excluding hydrogens is 465 g/mol. The minimum Gasteiger partial charge on any atom is -0.371 e. The van der Waals surface area contributed by atoms with Crippen LogP contribution in [0.2, 0.25) is 0 Å². The first-order valence-corrected chi connectivity index (χ1v) is 12.1. The first kappa shape index (κ1) is 24.1. The van der Waals surface area contributed by atoms with Gasteiger partial charge in [-0.05, 0) is 35.6 Å². The molecule has 0 amide bonds. The molecule has 36 heavy (non-hydrogen) atoms. The highest BCUT2D eigenvalue weighted by Gasteiger charge is 2.43. The molecule has 1 atom stereocenters. The van der Waals surface area contributed by atoms with Crippen LogP contribution in [0.25, 0.3) is 22.6 Å². The molecule has 2 aromatic heterocycles. The highest BCUT2D eigenvalue weighted by molar-refractivity contribution is 5.74. The molecule has 1 unspecified atom stereocenters. The van der Waals surface area contributed by atoms with E-state index in [1.807, 2.05) is 54.1 Å². The molecule has 188 valence electrons. The number of nitrogens with zero attached hydrogens (tertiary/aromatic N) is 5. The van der Waals surface area contributed by atoms with Crippen LogP contribution in [0.1, 0.15) is 37.3 Å². The number of nitrogens with one attached hydrogen (secondary N) is 1. The molecule has 1 fully saturated rings. The van der Waals surface area contributed by atoms with Crippen LogP contribution in [0.15, 0.2) is 54.7 Å². The van der Waals surface area contributed by atoms with Crippen molar-refractivity contribution < 1.29 is 13.2 Å². The Labute approximate surface area is 207 Å². The number of alkyl halides is 3. The van der Waals surface area contributed by atoms with Gasteiger partial charge in [0.25, 0.3) is 0 Å². The maximum absolute atomic E-state index is 13.1. The van der Waals surface area contributed by atoms with Gasteiger partial charge in [-0.3, -0.25) is 9.98 Å². The number of aromatic nitrogens is 4. The van der Waals surface area contributed by atoms with Gasteiger partial charge in [-0.15, -0.1) is 0 Å². The van der Waals surface area contributed by atoms with E-state index in [-0.39, 0.29) is 13.0 Å². The summed E-state index contributed by atoms with van der Waals surface area (Å²) < 4.78 is 42.8. The summed E-state index contributed by atoms with van der Waals surface area (Å²) in [5, 5.41) is 8.66. The number of benzene rings is 2. The average Bonchev–Trinajstić information content (AvgIpc) is 3.45. The van der Waals surface area contributed by atoms with Crippen molar-refractivity contribution in [2.45, 2.75) is 38.9 Å². The molecule has 2 aromatic carbocycles. The molecule has 0 saturated carbocycles. The van der Waals surface area contributed by atoms with E-state index in [0.29, 0.717) is 36.1 Å². The number of rotatable bonds is 5. The predicted octanol–water partition coefficient (Wildman–Crippen LogP) is 5.48. The number of hydrogen-bond donors (Lipinski definition) is 1. The van der Waals surface area contributed by atoms with Crippen molar-refractivity contribution in [3.63, 3.8) is 0 Å². The van der Waals surface area contributed by atoms with Crippen LogP contribution in [0.3, 0.4) is 0 Å². The minimum absolute atomic E-state index is 0.00463. The summed E-state index contributed by atoms with van der Waals surface area (Å²) in [5.41, 5.74) is 5.60. The lowest BCUT2D eigenvalue weighted by Gasteiger charge is -2.20. The zero-order valence-electron chi connectivity index (χ0n) is 20.5. The van der Waals surface area contributed by atoms with Gasteiger partial charge in [-0.1, -0.05) is 50.2 Å². The fraction of sp³-hybridized carbons (Fsp3) is 0.370. The van der Waals surface area contributed by atoms with Crippen LogP contribution in [-0.2, 0) is 13.6 Å². The van der Waals surface area contributed by atoms with Crippen molar-refractivity contribution in [3.05, 3.63) is 71.5 Å². The van der Waals surface area contributed by atoms with Gasteiger partial charge in [0.2, 0.25) is 5.62 Å². The van der Waals surface area contributed by atoms with Crippen molar-refractivity contribution >= 4 is 16.9 Å². The van der Waals surface area contributed by atoms with Crippen LogP contribution in [0.5, 0.6) is 0 Å². The van der Waals surface area contributed by atoms with E-state index in [1.165, 1.54) is 0 Å². The van der Waals surface area contributed by atoms with Gasteiger partial charge in [0.15, 0.2) is 11.5 Å². The molecule has 3 heterocycles. The largest absolute Gasteiger partial charge is 0.393 e. The van der Waals surface area contributed by atoms with Gasteiger partial charge in [0, 0.05) is 31.4 Å². The van der Waals surface area contributed by atoms with Crippen molar-refractivity contribution in [3.8, 4) is 11.4 Å². The number of hydrogen-bond acceptors (Lipinski definition) is 4. The highest BCUT2D eigenvalue weighted by atomic mass is 19.4. The molecular formula is C27H29F3N6. The Balaban J connectivity index is 1.45. The number of fused-ring (bicyclic) bond motifs is 1. The second-order valence-corrected chi connectivity index (χ2v) is 9.75. The van der Waals surface area contributed by atoms with Gasteiger partial charge in [-0.2, -0.15) is 13.2 Å². The lowest BCUT2D eigenvalue weighted by atomic mass is 9.97. The summed E-state index contributed by atoms with van der Waals surface area (Å²) in [4.78, 5) is 11.3.